The van der Waals surface area contributed by atoms with E-state index >= 15 is 0 Å². The molecule has 0 atom stereocenters. The van der Waals surface area contributed by atoms with Crippen molar-refractivity contribution in [2.45, 2.75) is 45.6 Å². The molecule has 4 rings (SSSR count). The number of rotatable bonds is 7. The Morgan fingerprint density at radius 2 is 2.03 bits per heavy atom. The summed E-state index contributed by atoms with van der Waals surface area (Å²) < 4.78 is 11.6. The Morgan fingerprint density at radius 1 is 1.23 bits per heavy atom. The SMILES string of the molecule is CC(C)Cc1ncc2c(OC3CCOCC3)ncc(-c3cccc(CC(=O)O)c3)c2n1. The van der Waals surface area contributed by atoms with Gasteiger partial charge in [-0.25, -0.2) is 15.0 Å². The highest BCUT2D eigenvalue weighted by atomic mass is 16.5. The first kappa shape index (κ1) is 21.2. The number of carboxylic acids is 1. The summed E-state index contributed by atoms with van der Waals surface area (Å²) in [5.74, 6) is 0.874. The maximum absolute atomic E-state index is 11.2. The van der Waals surface area contributed by atoms with Gasteiger partial charge in [-0.2, -0.15) is 0 Å². The summed E-state index contributed by atoms with van der Waals surface area (Å²) in [5.41, 5.74) is 3.23. The molecule has 1 aliphatic heterocycles. The summed E-state index contributed by atoms with van der Waals surface area (Å²) in [5, 5.41) is 9.92. The van der Waals surface area contributed by atoms with Crippen molar-refractivity contribution in [2.24, 2.45) is 5.92 Å². The Morgan fingerprint density at radius 3 is 2.77 bits per heavy atom. The standard InChI is InChI=1S/C24H27N3O4/c1-15(2)10-21-25-14-20-23(27-21)19(17-5-3-4-16(11-17)12-22(28)29)13-26-24(20)31-18-6-8-30-9-7-18/h3-5,11,13-15,18H,6-10,12H2,1-2H3,(H,28,29). The molecule has 1 aromatic carbocycles. The van der Waals surface area contributed by atoms with E-state index in [0.717, 1.165) is 52.7 Å². The van der Waals surface area contributed by atoms with Gasteiger partial charge in [-0.15, -0.1) is 0 Å². The molecule has 162 valence electrons. The van der Waals surface area contributed by atoms with Crippen LogP contribution >= 0.6 is 0 Å². The van der Waals surface area contributed by atoms with Crippen LogP contribution < -0.4 is 4.74 Å². The van der Waals surface area contributed by atoms with E-state index < -0.39 is 5.97 Å². The van der Waals surface area contributed by atoms with Gasteiger partial charge in [-0.3, -0.25) is 4.79 Å². The van der Waals surface area contributed by atoms with Gasteiger partial charge in [0.1, 0.15) is 11.9 Å². The molecular weight excluding hydrogens is 394 g/mol. The van der Waals surface area contributed by atoms with E-state index in [4.69, 9.17) is 19.6 Å². The van der Waals surface area contributed by atoms with E-state index in [9.17, 15) is 4.79 Å². The van der Waals surface area contributed by atoms with Crippen molar-refractivity contribution in [1.29, 1.82) is 0 Å². The zero-order chi connectivity index (χ0) is 21.8. The fourth-order valence-electron chi connectivity index (χ4n) is 3.78. The minimum Gasteiger partial charge on any atom is -0.481 e. The molecule has 7 heteroatoms. The van der Waals surface area contributed by atoms with Gasteiger partial charge in [0.2, 0.25) is 5.88 Å². The van der Waals surface area contributed by atoms with Crippen LogP contribution in [0.1, 0.15) is 38.1 Å². The highest BCUT2D eigenvalue weighted by Crippen LogP contribution is 2.33. The lowest BCUT2D eigenvalue weighted by Crippen LogP contribution is -2.26. The number of hydrogen-bond donors (Lipinski definition) is 1. The van der Waals surface area contributed by atoms with Crippen molar-refractivity contribution >= 4 is 16.9 Å². The van der Waals surface area contributed by atoms with Crippen LogP contribution in [0, 0.1) is 5.92 Å². The molecule has 2 aromatic heterocycles. The first-order chi connectivity index (χ1) is 15.0. The monoisotopic (exact) mass is 421 g/mol. The zero-order valence-corrected chi connectivity index (χ0v) is 17.9. The summed E-state index contributed by atoms with van der Waals surface area (Å²) in [4.78, 5) is 25.2. The van der Waals surface area contributed by atoms with Crippen molar-refractivity contribution in [3.05, 3.63) is 48.0 Å². The first-order valence-corrected chi connectivity index (χ1v) is 10.7. The van der Waals surface area contributed by atoms with Gasteiger partial charge >= 0.3 is 5.97 Å². The fourth-order valence-corrected chi connectivity index (χ4v) is 3.78. The van der Waals surface area contributed by atoms with Gasteiger partial charge in [-0.05, 0) is 17.0 Å². The highest BCUT2D eigenvalue weighted by Gasteiger charge is 2.20. The second-order valence-electron chi connectivity index (χ2n) is 8.32. The van der Waals surface area contributed by atoms with E-state index in [2.05, 4.69) is 23.8 Å². The molecule has 0 saturated carbocycles. The number of nitrogens with zero attached hydrogens (tertiary/aromatic N) is 3. The van der Waals surface area contributed by atoms with Gasteiger partial charge < -0.3 is 14.6 Å². The number of ether oxygens (including phenoxy) is 2. The molecule has 0 bridgehead atoms. The molecule has 3 aromatic rings. The van der Waals surface area contributed by atoms with Crippen molar-refractivity contribution < 1.29 is 19.4 Å². The summed E-state index contributed by atoms with van der Waals surface area (Å²) in [7, 11) is 0. The van der Waals surface area contributed by atoms with Crippen molar-refractivity contribution in [3.8, 4) is 17.0 Å². The highest BCUT2D eigenvalue weighted by molar-refractivity contribution is 5.95. The Labute approximate surface area is 181 Å². The van der Waals surface area contributed by atoms with Crippen LogP contribution in [0.3, 0.4) is 0 Å². The van der Waals surface area contributed by atoms with Crippen LogP contribution in [-0.4, -0.2) is 45.3 Å². The lowest BCUT2D eigenvalue weighted by molar-refractivity contribution is -0.136. The van der Waals surface area contributed by atoms with Gasteiger partial charge in [0.25, 0.3) is 0 Å². The summed E-state index contributed by atoms with van der Waals surface area (Å²) in [6.07, 6.45) is 6.02. The van der Waals surface area contributed by atoms with E-state index in [1.807, 2.05) is 24.3 Å². The van der Waals surface area contributed by atoms with Crippen LogP contribution in [-0.2, 0) is 22.4 Å². The third kappa shape index (κ3) is 5.17. The minimum absolute atomic E-state index is 0.0300. The lowest BCUT2D eigenvalue weighted by atomic mass is 10.0. The van der Waals surface area contributed by atoms with Crippen LogP contribution in [0.15, 0.2) is 36.7 Å². The van der Waals surface area contributed by atoms with Crippen LogP contribution in [0.4, 0.5) is 0 Å². The maximum Gasteiger partial charge on any atom is 0.307 e. The van der Waals surface area contributed by atoms with Gasteiger partial charge in [0.05, 0.1) is 30.5 Å². The van der Waals surface area contributed by atoms with Gasteiger partial charge in [-0.1, -0.05) is 38.1 Å². The predicted octanol–water partition coefficient (Wildman–Crippen LogP) is 4.08. The number of carboxylic acid groups (broad SMARTS) is 1. The second-order valence-corrected chi connectivity index (χ2v) is 8.32. The molecule has 1 aliphatic rings. The van der Waals surface area contributed by atoms with Crippen molar-refractivity contribution in [1.82, 2.24) is 15.0 Å². The Hall–Kier alpha value is -3.06. The summed E-state index contributed by atoms with van der Waals surface area (Å²) in [6.45, 7) is 5.64. The molecule has 1 N–H and O–H groups in total. The molecule has 3 heterocycles. The average molecular weight is 421 g/mol. The maximum atomic E-state index is 11.2. The molecule has 0 spiro atoms. The molecule has 1 saturated heterocycles. The Balaban J connectivity index is 1.78. The van der Waals surface area contributed by atoms with Gasteiger partial charge in [0.15, 0.2) is 0 Å². The third-order valence-corrected chi connectivity index (χ3v) is 5.27. The molecule has 31 heavy (non-hydrogen) atoms. The molecule has 0 unspecified atom stereocenters. The quantitative estimate of drug-likeness (QED) is 0.614. The Kier molecular flexibility index (Phi) is 6.42. The second kappa shape index (κ2) is 9.39. The largest absolute Gasteiger partial charge is 0.481 e. The van der Waals surface area contributed by atoms with Crippen molar-refractivity contribution in [2.75, 3.05) is 13.2 Å². The lowest BCUT2D eigenvalue weighted by Gasteiger charge is -2.23. The number of aliphatic carboxylic acids is 1. The minimum atomic E-state index is -0.859. The normalized spacial score (nSPS) is 14.8. The first-order valence-electron chi connectivity index (χ1n) is 10.7. The van der Waals surface area contributed by atoms with Gasteiger partial charge in [0, 0.05) is 37.2 Å². The Bertz CT molecular complexity index is 1080. The number of fused-ring (bicyclic) bond motifs is 1. The molecule has 0 amide bonds. The fraction of sp³-hybridized carbons (Fsp3) is 0.417. The average Bonchev–Trinajstić information content (AvgIpc) is 2.74. The number of aromatic nitrogens is 3. The molecule has 7 nitrogen and oxygen atoms in total. The van der Waals surface area contributed by atoms with Crippen molar-refractivity contribution in [3.63, 3.8) is 0 Å². The number of hydrogen-bond acceptors (Lipinski definition) is 6. The van der Waals surface area contributed by atoms with Crippen LogP contribution in [0.5, 0.6) is 5.88 Å². The van der Waals surface area contributed by atoms with E-state index in [0.29, 0.717) is 25.0 Å². The molecule has 1 fully saturated rings. The van der Waals surface area contributed by atoms with E-state index in [-0.39, 0.29) is 12.5 Å². The molecule has 0 aliphatic carbocycles. The predicted molar refractivity (Wildman–Crippen MR) is 117 cm³/mol. The number of carbonyl (C=O) groups is 1. The smallest absolute Gasteiger partial charge is 0.307 e. The number of benzene rings is 1. The van der Waals surface area contributed by atoms with E-state index in [1.54, 1.807) is 12.4 Å². The van der Waals surface area contributed by atoms with Crippen LogP contribution in [0.2, 0.25) is 0 Å². The van der Waals surface area contributed by atoms with Crippen LogP contribution in [0.25, 0.3) is 22.0 Å². The molecule has 0 radical (unpaired) electrons. The third-order valence-electron chi connectivity index (χ3n) is 5.27. The zero-order valence-electron chi connectivity index (χ0n) is 17.9. The molecular formula is C24H27N3O4. The van der Waals surface area contributed by atoms with E-state index in [1.165, 1.54) is 0 Å². The number of pyridine rings is 1. The summed E-state index contributed by atoms with van der Waals surface area (Å²) in [6, 6.07) is 7.51. The summed E-state index contributed by atoms with van der Waals surface area (Å²) >= 11 is 0. The topological polar surface area (TPSA) is 94.4 Å².